The second-order valence-electron chi connectivity index (χ2n) is 5.04. The van der Waals surface area contributed by atoms with Crippen LogP contribution < -0.4 is 14.8 Å². The predicted octanol–water partition coefficient (Wildman–Crippen LogP) is 3.77. The summed E-state index contributed by atoms with van der Waals surface area (Å²) >= 11 is 3.52. The first-order valence-electron chi connectivity index (χ1n) is 7.47. The number of methoxy groups -OCH3 is 2. The SMILES string of the molecule is COCCNCc1cc(Br)cc(OC)c1OCc1ccccc1. The lowest BCUT2D eigenvalue weighted by Crippen LogP contribution is -2.19. The Hall–Kier alpha value is -1.56. The summed E-state index contributed by atoms with van der Waals surface area (Å²) < 4.78 is 17.5. The van der Waals surface area contributed by atoms with Crippen molar-refractivity contribution in [2.45, 2.75) is 13.2 Å². The van der Waals surface area contributed by atoms with Crippen LogP contribution in [0.1, 0.15) is 11.1 Å². The third-order valence-corrected chi connectivity index (χ3v) is 3.80. The summed E-state index contributed by atoms with van der Waals surface area (Å²) in [6.45, 7) is 2.64. The lowest BCUT2D eigenvalue weighted by Gasteiger charge is -2.16. The average Bonchev–Trinajstić information content (AvgIpc) is 2.58. The molecule has 0 spiro atoms. The standard InChI is InChI=1S/C18H22BrNO3/c1-21-9-8-20-12-15-10-16(19)11-17(22-2)18(15)23-13-14-6-4-3-5-7-14/h3-7,10-11,20H,8-9,12-13H2,1-2H3. The van der Waals surface area contributed by atoms with Crippen LogP contribution in [0.15, 0.2) is 46.9 Å². The fourth-order valence-electron chi connectivity index (χ4n) is 2.20. The minimum atomic E-state index is 0.504. The van der Waals surface area contributed by atoms with Crippen molar-refractivity contribution in [1.29, 1.82) is 0 Å². The Balaban J connectivity index is 2.13. The largest absolute Gasteiger partial charge is 0.493 e. The summed E-state index contributed by atoms with van der Waals surface area (Å²) in [6, 6.07) is 14.1. The van der Waals surface area contributed by atoms with E-state index in [1.165, 1.54) is 0 Å². The van der Waals surface area contributed by atoms with Gasteiger partial charge in [0.25, 0.3) is 0 Å². The highest BCUT2D eigenvalue weighted by Crippen LogP contribution is 2.35. The molecule has 0 unspecified atom stereocenters. The summed E-state index contributed by atoms with van der Waals surface area (Å²) in [4.78, 5) is 0. The van der Waals surface area contributed by atoms with Crippen molar-refractivity contribution in [2.24, 2.45) is 0 Å². The first-order valence-corrected chi connectivity index (χ1v) is 8.26. The Morgan fingerprint density at radius 3 is 2.57 bits per heavy atom. The molecule has 2 rings (SSSR count). The van der Waals surface area contributed by atoms with Crippen LogP contribution in [0.25, 0.3) is 0 Å². The quantitative estimate of drug-likeness (QED) is 0.673. The molecule has 2 aromatic carbocycles. The van der Waals surface area contributed by atoms with Gasteiger partial charge >= 0.3 is 0 Å². The monoisotopic (exact) mass is 379 g/mol. The molecule has 0 heterocycles. The van der Waals surface area contributed by atoms with Gasteiger partial charge in [-0.25, -0.2) is 0 Å². The highest BCUT2D eigenvalue weighted by molar-refractivity contribution is 9.10. The maximum absolute atomic E-state index is 6.04. The van der Waals surface area contributed by atoms with Gasteiger partial charge in [-0.15, -0.1) is 0 Å². The second-order valence-corrected chi connectivity index (χ2v) is 5.96. The van der Waals surface area contributed by atoms with Gasteiger partial charge in [-0.3, -0.25) is 0 Å². The van der Waals surface area contributed by atoms with Crippen molar-refractivity contribution in [3.8, 4) is 11.5 Å². The number of nitrogens with one attached hydrogen (secondary N) is 1. The van der Waals surface area contributed by atoms with Crippen LogP contribution in [0, 0.1) is 0 Å². The van der Waals surface area contributed by atoms with Crippen molar-refractivity contribution in [3.05, 3.63) is 58.1 Å². The van der Waals surface area contributed by atoms with Gasteiger partial charge in [-0.05, 0) is 17.7 Å². The van der Waals surface area contributed by atoms with Crippen molar-refractivity contribution >= 4 is 15.9 Å². The lowest BCUT2D eigenvalue weighted by molar-refractivity contribution is 0.199. The molecule has 0 saturated carbocycles. The molecule has 4 nitrogen and oxygen atoms in total. The van der Waals surface area contributed by atoms with Crippen molar-refractivity contribution in [2.75, 3.05) is 27.4 Å². The molecule has 0 aliphatic carbocycles. The van der Waals surface area contributed by atoms with Crippen molar-refractivity contribution in [1.82, 2.24) is 5.32 Å². The predicted molar refractivity (Wildman–Crippen MR) is 95.1 cm³/mol. The molecule has 0 atom stereocenters. The first kappa shape index (κ1) is 17.8. The van der Waals surface area contributed by atoms with E-state index in [9.17, 15) is 0 Å². The molecular formula is C18H22BrNO3. The number of rotatable bonds is 9. The maximum atomic E-state index is 6.04. The zero-order chi connectivity index (χ0) is 16.5. The van der Waals surface area contributed by atoms with E-state index in [4.69, 9.17) is 14.2 Å². The Morgan fingerprint density at radius 2 is 1.87 bits per heavy atom. The molecule has 0 aliphatic rings. The molecule has 23 heavy (non-hydrogen) atoms. The Bertz CT molecular complexity index is 605. The van der Waals surface area contributed by atoms with Crippen LogP contribution >= 0.6 is 15.9 Å². The molecule has 0 fully saturated rings. The van der Waals surface area contributed by atoms with E-state index in [0.717, 1.165) is 33.6 Å². The first-order chi connectivity index (χ1) is 11.2. The van der Waals surface area contributed by atoms with Crippen LogP contribution in [0.4, 0.5) is 0 Å². The summed E-state index contributed by atoms with van der Waals surface area (Å²) in [5.74, 6) is 1.49. The third kappa shape index (κ3) is 5.53. The number of hydrogen-bond acceptors (Lipinski definition) is 4. The van der Waals surface area contributed by atoms with Gasteiger partial charge in [0.2, 0.25) is 0 Å². The van der Waals surface area contributed by atoms with E-state index >= 15 is 0 Å². The van der Waals surface area contributed by atoms with E-state index < -0.39 is 0 Å². The van der Waals surface area contributed by atoms with Crippen molar-refractivity contribution in [3.63, 3.8) is 0 Å². The van der Waals surface area contributed by atoms with Gasteiger partial charge < -0.3 is 19.5 Å². The van der Waals surface area contributed by atoms with Crippen molar-refractivity contribution < 1.29 is 14.2 Å². The summed E-state index contributed by atoms with van der Waals surface area (Å²) in [5, 5.41) is 3.34. The zero-order valence-corrected chi connectivity index (χ0v) is 15.1. The highest BCUT2D eigenvalue weighted by Gasteiger charge is 2.13. The van der Waals surface area contributed by atoms with Crippen LogP contribution in [-0.4, -0.2) is 27.4 Å². The fourth-order valence-corrected chi connectivity index (χ4v) is 2.68. The van der Waals surface area contributed by atoms with E-state index in [-0.39, 0.29) is 0 Å². The smallest absolute Gasteiger partial charge is 0.166 e. The van der Waals surface area contributed by atoms with E-state index in [0.29, 0.717) is 19.8 Å². The average molecular weight is 380 g/mol. The third-order valence-electron chi connectivity index (χ3n) is 3.34. The Labute approximate surface area is 145 Å². The van der Waals surface area contributed by atoms with E-state index in [1.807, 2.05) is 42.5 Å². The van der Waals surface area contributed by atoms with Gasteiger partial charge in [0.15, 0.2) is 11.5 Å². The van der Waals surface area contributed by atoms with Gasteiger partial charge in [0.1, 0.15) is 6.61 Å². The topological polar surface area (TPSA) is 39.7 Å². The molecule has 0 radical (unpaired) electrons. The fraction of sp³-hybridized carbons (Fsp3) is 0.333. The lowest BCUT2D eigenvalue weighted by atomic mass is 10.1. The Kier molecular flexibility index (Phi) is 7.39. The summed E-state index contributed by atoms with van der Waals surface area (Å²) in [7, 11) is 3.34. The normalized spacial score (nSPS) is 10.6. The van der Waals surface area contributed by atoms with Gasteiger partial charge in [0.05, 0.1) is 13.7 Å². The van der Waals surface area contributed by atoms with Gasteiger partial charge in [0, 0.05) is 30.2 Å². The number of hydrogen-bond donors (Lipinski definition) is 1. The molecule has 0 bridgehead atoms. The zero-order valence-electron chi connectivity index (χ0n) is 13.5. The number of ether oxygens (including phenoxy) is 3. The minimum absolute atomic E-state index is 0.504. The summed E-state index contributed by atoms with van der Waals surface area (Å²) in [5.41, 5.74) is 2.17. The van der Waals surface area contributed by atoms with Crippen LogP contribution in [0.3, 0.4) is 0 Å². The minimum Gasteiger partial charge on any atom is -0.493 e. The van der Waals surface area contributed by atoms with Crippen LogP contribution in [0.2, 0.25) is 0 Å². The van der Waals surface area contributed by atoms with Gasteiger partial charge in [-0.1, -0.05) is 46.3 Å². The molecule has 2 aromatic rings. The second kappa shape index (κ2) is 9.55. The molecule has 0 amide bonds. The maximum Gasteiger partial charge on any atom is 0.166 e. The molecular weight excluding hydrogens is 358 g/mol. The number of halogens is 1. The van der Waals surface area contributed by atoms with E-state index in [2.05, 4.69) is 21.2 Å². The molecule has 0 saturated heterocycles. The van der Waals surface area contributed by atoms with Crippen LogP contribution in [0.5, 0.6) is 11.5 Å². The molecule has 124 valence electrons. The Morgan fingerprint density at radius 1 is 1.09 bits per heavy atom. The molecule has 0 aromatic heterocycles. The number of benzene rings is 2. The molecule has 1 N–H and O–H groups in total. The molecule has 5 heteroatoms. The highest BCUT2D eigenvalue weighted by atomic mass is 79.9. The van der Waals surface area contributed by atoms with Crippen LogP contribution in [-0.2, 0) is 17.9 Å². The summed E-state index contributed by atoms with van der Waals surface area (Å²) in [6.07, 6.45) is 0. The van der Waals surface area contributed by atoms with E-state index in [1.54, 1.807) is 14.2 Å². The van der Waals surface area contributed by atoms with Gasteiger partial charge in [-0.2, -0.15) is 0 Å². The molecule has 0 aliphatic heterocycles.